The molecule has 1 aromatic rings. The maximum absolute atomic E-state index is 3.67. The normalized spacial score (nSPS) is 18.9. The van der Waals surface area contributed by atoms with Crippen molar-refractivity contribution < 1.29 is 0 Å². The zero-order valence-corrected chi connectivity index (χ0v) is 12.6. The van der Waals surface area contributed by atoms with E-state index in [-0.39, 0.29) is 0 Å². The van der Waals surface area contributed by atoms with Crippen LogP contribution >= 0.6 is 31.9 Å². The van der Waals surface area contributed by atoms with Crippen molar-refractivity contribution in [2.45, 2.75) is 38.0 Å². The molecule has 1 fully saturated rings. The molecule has 0 spiro atoms. The molecule has 0 saturated heterocycles. The third-order valence-corrected chi connectivity index (χ3v) is 5.13. The zero-order chi connectivity index (χ0) is 11.4. The summed E-state index contributed by atoms with van der Waals surface area (Å²) in [5.74, 6) is 1.62. The standard InChI is InChI=1S/C14H18Br2/c15-10-12(9-11-5-1-2-6-11)13-7-3-4-8-14(13)16/h3-4,7-8,11-12H,1-2,5-6,9-10H2. The van der Waals surface area contributed by atoms with Crippen molar-refractivity contribution in [3.8, 4) is 0 Å². The molecule has 1 unspecified atom stereocenters. The summed E-state index contributed by atoms with van der Waals surface area (Å²) in [5, 5.41) is 1.08. The van der Waals surface area contributed by atoms with Gasteiger partial charge in [-0.3, -0.25) is 0 Å². The van der Waals surface area contributed by atoms with Gasteiger partial charge in [0, 0.05) is 9.80 Å². The predicted molar refractivity (Wildman–Crippen MR) is 77.3 cm³/mol. The highest BCUT2D eigenvalue weighted by atomic mass is 79.9. The van der Waals surface area contributed by atoms with Crippen LogP contribution in [0.3, 0.4) is 0 Å². The monoisotopic (exact) mass is 344 g/mol. The molecule has 0 heterocycles. The van der Waals surface area contributed by atoms with Gasteiger partial charge in [-0.2, -0.15) is 0 Å². The fourth-order valence-corrected chi connectivity index (χ4v) is 3.95. The van der Waals surface area contributed by atoms with Crippen LogP contribution in [0.2, 0.25) is 0 Å². The van der Waals surface area contributed by atoms with Gasteiger partial charge in [-0.15, -0.1) is 0 Å². The van der Waals surface area contributed by atoms with Gasteiger partial charge in [-0.05, 0) is 29.9 Å². The first-order valence-electron chi connectivity index (χ1n) is 6.11. The van der Waals surface area contributed by atoms with Gasteiger partial charge < -0.3 is 0 Å². The Balaban J connectivity index is 2.06. The summed E-state index contributed by atoms with van der Waals surface area (Å²) in [6.07, 6.45) is 7.10. The van der Waals surface area contributed by atoms with E-state index in [2.05, 4.69) is 56.1 Å². The van der Waals surface area contributed by atoms with Gasteiger partial charge in [-0.1, -0.05) is 75.7 Å². The first-order chi connectivity index (χ1) is 7.81. The summed E-state index contributed by atoms with van der Waals surface area (Å²) in [7, 11) is 0. The fourth-order valence-electron chi connectivity index (χ4n) is 2.73. The van der Waals surface area contributed by atoms with Crippen molar-refractivity contribution in [2.24, 2.45) is 5.92 Å². The minimum Gasteiger partial charge on any atom is -0.0921 e. The first-order valence-corrected chi connectivity index (χ1v) is 8.03. The van der Waals surface area contributed by atoms with Crippen LogP contribution in [-0.4, -0.2) is 5.33 Å². The molecule has 0 radical (unpaired) electrons. The maximum Gasteiger partial charge on any atom is 0.0210 e. The summed E-state index contributed by atoms with van der Waals surface area (Å²) in [5.41, 5.74) is 1.46. The molecular weight excluding hydrogens is 328 g/mol. The van der Waals surface area contributed by atoms with Crippen molar-refractivity contribution >= 4 is 31.9 Å². The second kappa shape index (κ2) is 6.20. The molecule has 1 atom stereocenters. The molecule has 0 aromatic heterocycles. The van der Waals surface area contributed by atoms with Gasteiger partial charge >= 0.3 is 0 Å². The Bertz CT molecular complexity index is 329. The minimum absolute atomic E-state index is 0.665. The van der Waals surface area contributed by atoms with Gasteiger partial charge in [0.25, 0.3) is 0 Å². The molecule has 0 bridgehead atoms. The van der Waals surface area contributed by atoms with E-state index in [0.29, 0.717) is 5.92 Å². The highest BCUT2D eigenvalue weighted by Crippen LogP contribution is 2.37. The van der Waals surface area contributed by atoms with Gasteiger partial charge in [0.2, 0.25) is 0 Å². The van der Waals surface area contributed by atoms with E-state index in [1.54, 1.807) is 0 Å². The molecule has 0 nitrogen and oxygen atoms in total. The van der Waals surface area contributed by atoms with Gasteiger partial charge in [0.05, 0.1) is 0 Å². The molecule has 1 aromatic carbocycles. The highest BCUT2D eigenvalue weighted by molar-refractivity contribution is 9.10. The van der Waals surface area contributed by atoms with Crippen LogP contribution in [0.15, 0.2) is 28.7 Å². The van der Waals surface area contributed by atoms with E-state index in [1.165, 1.54) is 42.1 Å². The first kappa shape index (κ1) is 12.6. The number of alkyl halides is 1. The number of hydrogen-bond donors (Lipinski definition) is 0. The third kappa shape index (κ3) is 3.10. The van der Waals surface area contributed by atoms with Crippen molar-refractivity contribution in [3.63, 3.8) is 0 Å². The number of rotatable bonds is 4. The third-order valence-electron chi connectivity index (χ3n) is 3.62. The lowest BCUT2D eigenvalue weighted by Crippen LogP contribution is -2.07. The maximum atomic E-state index is 3.67. The smallest absolute Gasteiger partial charge is 0.0210 e. The molecule has 0 aliphatic heterocycles. The number of halogens is 2. The van der Waals surface area contributed by atoms with Gasteiger partial charge in [-0.25, -0.2) is 0 Å². The summed E-state index contributed by atoms with van der Waals surface area (Å²) in [6, 6.07) is 8.64. The molecule has 2 rings (SSSR count). The molecule has 88 valence electrons. The highest BCUT2D eigenvalue weighted by Gasteiger charge is 2.21. The average Bonchev–Trinajstić information content (AvgIpc) is 2.80. The van der Waals surface area contributed by atoms with E-state index in [0.717, 1.165) is 11.2 Å². The summed E-state index contributed by atoms with van der Waals surface area (Å²) < 4.78 is 1.26. The SMILES string of the molecule is BrCC(CC1CCCC1)c1ccccc1Br. The topological polar surface area (TPSA) is 0 Å². The Kier molecular flexibility index (Phi) is 4.90. The van der Waals surface area contributed by atoms with Crippen LogP contribution in [0, 0.1) is 5.92 Å². The average molecular weight is 346 g/mol. The van der Waals surface area contributed by atoms with E-state index in [1.807, 2.05) is 0 Å². The van der Waals surface area contributed by atoms with Crippen LogP contribution in [0.4, 0.5) is 0 Å². The van der Waals surface area contributed by atoms with Crippen LogP contribution in [0.5, 0.6) is 0 Å². The molecule has 1 saturated carbocycles. The van der Waals surface area contributed by atoms with Crippen molar-refractivity contribution in [3.05, 3.63) is 34.3 Å². The van der Waals surface area contributed by atoms with Gasteiger partial charge in [0.15, 0.2) is 0 Å². The van der Waals surface area contributed by atoms with Gasteiger partial charge in [0.1, 0.15) is 0 Å². The lowest BCUT2D eigenvalue weighted by atomic mass is 9.89. The van der Waals surface area contributed by atoms with E-state index in [4.69, 9.17) is 0 Å². The molecule has 0 amide bonds. The molecule has 16 heavy (non-hydrogen) atoms. The summed E-state index contributed by atoms with van der Waals surface area (Å²) in [6.45, 7) is 0. The van der Waals surface area contributed by atoms with Crippen LogP contribution < -0.4 is 0 Å². The Morgan fingerprint density at radius 3 is 2.50 bits per heavy atom. The van der Waals surface area contributed by atoms with Crippen molar-refractivity contribution in [1.82, 2.24) is 0 Å². The second-order valence-electron chi connectivity index (χ2n) is 4.76. The quantitative estimate of drug-likeness (QED) is 0.631. The summed E-state index contributed by atoms with van der Waals surface area (Å²) in [4.78, 5) is 0. The fraction of sp³-hybridized carbons (Fsp3) is 0.571. The van der Waals surface area contributed by atoms with Crippen molar-refractivity contribution in [1.29, 1.82) is 0 Å². The molecule has 1 aliphatic carbocycles. The van der Waals surface area contributed by atoms with Crippen LogP contribution in [-0.2, 0) is 0 Å². The Morgan fingerprint density at radius 1 is 1.19 bits per heavy atom. The van der Waals surface area contributed by atoms with E-state index in [9.17, 15) is 0 Å². The largest absolute Gasteiger partial charge is 0.0921 e. The molecular formula is C14H18Br2. The van der Waals surface area contributed by atoms with Crippen molar-refractivity contribution in [2.75, 3.05) is 5.33 Å². The van der Waals surface area contributed by atoms with Crippen LogP contribution in [0.1, 0.15) is 43.6 Å². The predicted octanol–water partition coefficient (Wildman–Crippen LogP) is 5.51. The minimum atomic E-state index is 0.665. The number of hydrogen-bond acceptors (Lipinski definition) is 0. The Morgan fingerprint density at radius 2 is 1.88 bits per heavy atom. The molecule has 2 heteroatoms. The Hall–Kier alpha value is 0.180. The van der Waals surface area contributed by atoms with E-state index < -0.39 is 0 Å². The van der Waals surface area contributed by atoms with E-state index >= 15 is 0 Å². The molecule has 1 aliphatic rings. The van der Waals surface area contributed by atoms with Crippen LogP contribution in [0.25, 0.3) is 0 Å². The Labute approximate surface area is 115 Å². The molecule has 0 N–H and O–H groups in total. The lowest BCUT2D eigenvalue weighted by Gasteiger charge is -2.20. The zero-order valence-electron chi connectivity index (χ0n) is 9.46. The summed E-state index contributed by atoms with van der Waals surface area (Å²) >= 11 is 7.34. The number of benzene rings is 1. The lowest BCUT2D eigenvalue weighted by molar-refractivity contribution is 0.464. The second-order valence-corrected chi connectivity index (χ2v) is 6.26.